The van der Waals surface area contributed by atoms with Gasteiger partial charge in [-0.3, -0.25) is 0 Å². The predicted molar refractivity (Wildman–Crippen MR) is 80.8 cm³/mol. The zero-order chi connectivity index (χ0) is 14.0. The number of nitrogens with zero attached hydrogens (tertiary/aromatic N) is 2. The number of aryl methyl sites for hydroxylation is 1. The van der Waals surface area contributed by atoms with Crippen LogP contribution in [0.25, 0.3) is 0 Å². The van der Waals surface area contributed by atoms with E-state index in [1.54, 1.807) is 0 Å². The van der Waals surface area contributed by atoms with Crippen LogP contribution >= 0.6 is 0 Å². The van der Waals surface area contributed by atoms with E-state index in [2.05, 4.69) is 22.0 Å². The second kappa shape index (κ2) is 5.25. The number of benzene rings is 1. The summed E-state index contributed by atoms with van der Waals surface area (Å²) < 4.78 is 0. The fourth-order valence-electron chi connectivity index (χ4n) is 2.79. The smallest absolute Gasteiger partial charge is 0.128 e. The summed E-state index contributed by atoms with van der Waals surface area (Å²) in [4.78, 5) is 6.71. The van der Waals surface area contributed by atoms with Crippen molar-refractivity contribution >= 4 is 5.82 Å². The summed E-state index contributed by atoms with van der Waals surface area (Å²) >= 11 is 0. The highest BCUT2D eigenvalue weighted by atomic mass is 16.3. The number of piperidine rings is 1. The Bertz CT molecular complexity index is 557. The van der Waals surface area contributed by atoms with Gasteiger partial charge >= 0.3 is 0 Å². The van der Waals surface area contributed by atoms with Gasteiger partial charge < -0.3 is 10.0 Å². The minimum absolute atomic E-state index is 0.692. The maximum absolute atomic E-state index is 10.8. The Morgan fingerprint density at radius 1 is 1.05 bits per heavy atom. The van der Waals surface area contributed by atoms with Crippen LogP contribution < -0.4 is 4.90 Å². The van der Waals surface area contributed by atoms with Gasteiger partial charge in [0.25, 0.3) is 0 Å². The first-order valence-corrected chi connectivity index (χ1v) is 7.13. The normalized spacial score (nSPS) is 18.0. The summed E-state index contributed by atoms with van der Waals surface area (Å²) in [6, 6.07) is 14.1. The van der Waals surface area contributed by atoms with Crippen LogP contribution in [-0.2, 0) is 5.60 Å². The van der Waals surface area contributed by atoms with Crippen molar-refractivity contribution < 1.29 is 5.11 Å². The Balaban J connectivity index is 1.72. The second-order valence-corrected chi connectivity index (χ2v) is 5.58. The molecule has 1 aliphatic rings. The van der Waals surface area contributed by atoms with Crippen LogP contribution in [-0.4, -0.2) is 23.2 Å². The molecule has 20 heavy (non-hydrogen) atoms. The van der Waals surface area contributed by atoms with Gasteiger partial charge in [-0.2, -0.15) is 0 Å². The Morgan fingerprint density at radius 2 is 1.75 bits per heavy atom. The molecule has 2 heterocycles. The fourth-order valence-corrected chi connectivity index (χ4v) is 2.79. The van der Waals surface area contributed by atoms with Gasteiger partial charge in [0, 0.05) is 19.3 Å². The molecule has 104 valence electrons. The van der Waals surface area contributed by atoms with Crippen LogP contribution in [0.4, 0.5) is 5.82 Å². The number of aromatic nitrogens is 1. The van der Waals surface area contributed by atoms with Crippen molar-refractivity contribution in [3.63, 3.8) is 0 Å². The monoisotopic (exact) mass is 268 g/mol. The molecular weight excluding hydrogens is 248 g/mol. The van der Waals surface area contributed by atoms with Gasteiger partial charge in [0.2, 0.25) is 0 Å². The summed E-state index contributed by atoms with van der Waals surface area (Å²) in [7, 11) is 0. The van der Waals surface area contributed by atoms with Gasteiger partial charge in [0.05, 0.1) is 5.60 Å². The predicted octanol–water partition coefficient (Wildman–Crippen LogP) is 2.88. The van der Waals surface area contributed by atoms with E-state index in [0.29, 0.717) is 0 Å². The SMILES string of the molecule is Cc1ccc(N2CCC(O)(c3ccccc3)CC2)nc1. The Labute approximate surface area is 119 Å². The van der Waals surface area contributed by atoms with E-state index in [0.717, 1.165) is 37.3 Å². The Hall–Kier alpha value is -1.87. The molecule has 0 radical (unpaired) electrons. The fraction of sp³-hybridized carbons (Fsp3) is 0.353. The van der Waals surface area contributed by atoms with Crippen LogP contribution in [0.3, 0.4) is 0 Å². The number of hydrogen-bond acceptors (Lipinski definition) is 3. The molecule has 3 rings (SSSR count). The van der Waals surface area contributed by atoms with E-state index < -0.39 is 5.60 Å². The average molecular weight is 268 g/mol. The Morgan fingerprint density at radius 3 is 2.35 bits per heavy atom. The van der Waals surface area contributed by atoms with Gasteiger partial charge in [-0.1, -0.05) is 36.4 Å². The lowest BCUT2D eigenvalue weighted by atomic mass is 9.84. The summed E-state index contributed by atoms with van der Waals surface area (Å²) in [5, 5.41) is 10.8. The number of rotatable bonds is 2. The average Bonchev–Trinajstić information content (AvgIpc) is 2.50. The van der Waals surface area contributed by atoms with Crippen molar-refractivity contribution in [3.05, 3.63) is 59.8 Å². The van der Waals surface area contributed by atoms with E-state index in [9.17, 15) is 5.11 Å². The molecule has 1 aliphatic heterocycles. The summed E-state index contributed by atoms with van der Waals surface area (Å²) in [5.74, 6) is 1.01. The van der Waals surface area contributed by atoms with Crippen molar-refractivity contribution in [3.8, 4) is 0 Å². The molecule has 1 fully saturated rings. The molecule has 1 aromatic carbocycles. The molecule has 0 amide bonds. The summed E-state index contributed by atoms with van der Waals surface area (Å²) in [5.41, 5.74) is 1.51. The third kappa shape index (κ3) is 2.54. The molecule has 0 saturated carbocycles. The van der Waals surface area contributed by atoms with Crippen LogP contribution in [0.15, 0.2) is 48.7 Å². The highest BCUT2D eigenvalue weighted by Gasteiger charge is 2.34. The van der Waals surface area contributed by atoms with E-state index in [4.69, 9.17) is 0 Å². The minimum Gasteiger partial charge on any atom is -0.385 e. The molecule has 3 heteroatoms. The largest absolute Gasteiger partial charge is 0.385 e. The van der Waals surface area contributed by atoms with Gasteiger partial charge in [0.1, 0.15) is 5.82 Å². The first-order valence-electron chi connectivity index (χ1n) is 7.13. The maximum Gasteiger partial charge on any atom is 0.128 e. The maximum atomic E-state index is 10.8. The van der Waals surface area contributed by atoms with Crippen molar-refractivity contribution in [2.24, 2.45) is 0 Å². The van der Waals surface area contributed by atoms with Gasteiger partial charge in [0.15, 0.2) is 0 Å². The molecule has 3 nitrogen and oxygen atoms in total. The quantitative estimate of drug-likeness (QED) is 0.910. The molecule has 0 unspecified atom stereocenters. The van der Waals surface area contributed by atoms with Gasteiger partial charge in [-0.25, -0.2) is 4.98 Å². The Kier molecular flexibility index (Phi) is 3.45. The van der Waals surface area contributed by atoms with E-state index in [1.165, 1.54) is 5.56 Å². The highest BCUT2D eigenvalue weighted by molar-refractivity contribution is 5.40. The lowest BCUT2D eigenvalue weighted by Crippen LogP contribution is -2.42. The van der Waals surface area contributed by atoms with Crippen molar-refractivity contribution in [1.29, 1.82) is 0 Å². The van der Waals surface area contributed by atoms with Gasteiger partial charge in [-0.05, 0) is 37.0 Å². The molecule has 0 aliphatic carbocycles. The van der Waals surface area contributed by atoms with Crippen LogP contribution in [0, 0.1) is 6.92 Å². The summed E-state index contributed by atoms with van der Waals surface area (Å²) in [6.07, 6.45) is 3.38. The second-order valence-electron chi connectivity index (χ2n) is 5.58. The molecule has 1 saturated heterocycles. The van der Waals surface area contributed by atoms with E-state index in [1.807, 2.05) is 43.5 Å². The minimum atomic E-state index is -0.692. The number of pyridine rings is 1. The summed E-state index contributed by atoms with van der Waals surface area (Å²) in [6.45, 7) is 3.71. The first-order chi connectivity index (χ1) is 9.67. The van der Waals surface area contributed by atoms with Crippen molar-refractivity contribution in [2.45, 2.75) is 25.4 Å². The molecule has 0 bridgehead atoms. The molecule has 1 N–H and O–H groups in total. The third-order valence-electron chi connectivity index (χ3n) is 4.12. The first kappa shape index (κ1) is 13.1. The van der Waals surface area contributed by atoms with Crippen LogP contribution in [0.1, 0.15) is 24.0 Å². The van der Waals surface area contributed by atoms with Crippen LogP contribution in [0.2, 0.25) is 0 Å². The van der Waals surface area contributed by atoms with E-state index >= 15 is 0 Å². The van der Waals surface area contributed by atoms with Gasteiger partial charge in [-0.15, -0.1) is 0 Å². The molecule has 0 atom stereocenters. The standard InChI is InChI=1S/C17H20N2O/c1-14-7-8-16(18-13-14)19-11-9-17(20,10-12-19)15-5-3-2-4-6-15/h2-8,13,20H,9-12H2,1H3. The number of anilines is 1. The molecular formula is C17H20N2O. The van der Waals surface area contributed by atoms with Crippen LogP contribution in [0.5, 0.6) is 0 Å². The van der Waals surface area contributed by atoms with E-state index in [-0.39, 0.29) is 0 Å². The zero-order valence-corrected chi connectivity index (χ0v) is 11.8. The molecule has 2 aromatic rings. The zero-order valence-electron chi connectivity index (χ0n) is 11.8. The lowest BCUT2D eigenvalue weighted by Gasteiger charge is -2.39. The molecule has 1 aromatic heterocycles. The van der Waals surface area contributed by atoms with Crippen molar-refractivity contribution in [1.82, 2.24) is 4.98 Å². The highest BCUT2D eigenvalue weighted by Crippen LogP contribution is 2.33. The number of aliphatic hydroxyl groups is 1. The number of hydrogen-bond donors (Lipinski definition) is 1. The third-order valence-corrected chi connectivity index (χ3v) is 4.12. The molecule has 0 spiro atoms. The van der Waals surface area contributed by atoms with Crippen molar-refractivity contribution in [2.75, 3.05) is 18.0 Å². The topological polar surface area (TPSA) is 36.4 Å². The lowest BCUT2D eigenvalue weighted by molar-refractivity contribution is 0.0116.